The zero-order valence-corrected chi connectivity index (χ0v) is 13.6. The molecule has 1 aliphatic heterocycles. The van der Waals surface area contributed by atoms with Crippen molar-refractivity contribution in [1.82, 2.24) is 10.2 Å². The molecule has 1 aromatic rings. The first-order chi connectivity index (χ1) is 9.52. The van der Waals surface area contributed by atoms with Crippen LogP contribution in [0, 0.1) is 0 Å². The van der Waals surface area contributed by atoms with Crippen molar-refractivity contribution in [2.24, 2.45) is 0 Å². The van der Waals surface area contributed by atoms with Crippen LogP contribution >= 0.6 is 11.8 Å². The highest BCUT2D eigenvalue weighted by Gasteiger charge is 2.36. The second-order valence-electron chi connectivity index (χ2n) is 4.87. The van der Waals surface area contributed by atoms with Crippen molar-refractivity contribution >= 4 is 28.5 Å². The number of nitrogens with one attached hydrogen (secondary N) is 1. The molecule has 6 heteroatoms. The van der Waals surface area contributed by atoms with E-state index in [1.165, 1.54) is 4.90 Å². The number of benzene rings is 1. The minimum absolute atomic E-state index is 0.0781. The smallest absolute Gasteiger partial charge is 0.241 e. The Morgan fingerprint density at radius 1 is 1.35 bits per heavy atom. The monoisotopic (exact) mass is 312 g/mol. The number of nitrogens with zero attached hydrogens (tertiary/aromatic N) is 1. The zero-order valence-electron chi connectivity index (χ0n) is 12.0. The SMILES string of the molecule is CSc1ccc(C2NC(C)C(=O)N2CCS(C)=O)cc1. The van der Waals surface area contributed by atoms with Crippen LogP contribution in [0.15, 0.2) is 29.2 Å². The average Bonchev–Trinajstić information content (AvgIpc) is 2.72. The Labute approximate surface area is 126 Å². The molecule has 3 unspecified atom stereocenters. The maximum Gasteiger partial charge on any atom is 0.241 e. The van der Waals surface area contributed by atoms with Crippen molar-refractivity contribution in [2.45, 2.75) is 24.0 Å². The molecule has 1 aliphatic rings. The molecule has 0 aliphatic carbocycles. The molecule has 0 radical (unpaired) electrons. The molecule has 0 saturated carbocycles. The van der Waals surface area contributed by atoms with Gasteiger partial charge in [-0.2, -0.15) is 0 Å². The van der Waals surface area contributed by atoms with Crippen LogP contribution in [0.3, 0.4) is 0 Å². The van der Waals surface area contributed by atoms with Gasteiger partial charge in [0.25, 0.3) is 0 Å². The molecule has 20 heavy (non-hydrogen) atoms. The van der Waals surface area contributed by atoms with E-state index >= 15 is 0 Å². The van der Waals surface area contributed by atoms with E-state index in [0.29, 0.717) is 12.3 Å². The molecule has 0 spiro atoms. The number of carbonyl (C=O) groups excluding carboxylic acids is 1. The van der Waals surface area contributed by atoms with Gasteiger partial charge < -0.3 is 4.90 Å². The third kappa shape index (κ3) is 3.42. The number of rotatable bonds is 5. The first-order valence-corrected chi connectivity index (χ1v) is 9.48. The lowest BCUT2D eigenvalue weighted by Gasteiger charge is -2.24. The fourth-order valence-corrected chi connectivity index (χ4v) is 3.16. The van der Waals surface area contributed by atoms with Crippen molar-refractivity contribution in [1.29, 1.82) is 0 Å². The summed E-state index contributed by atoms with van der Waals surface area (Å²) in [5.41, 5.74) is 1.07. The van der Waals surface area contributed by atoms with Crippen LogP contribution in [0.5, 0.6) is 0 Å². The van der Waals surface area contributed by atoms with Crippen molar-refractivity contribution in [3.8, 4) is 0 Å². The molecule has 1 heterocycles. The molecular weight excluding hydrogens is 292 g/mol. The van der Waals surface area contributed by atoms with Gasteiger partial charge in [-0.25, -0.2) is 0 Å². The topological polar surface area (TPSA) is 49.4 Å². The van der Waals surface area contributed by atoms with Gasteiger partial charge in [0.1, 0.15) is 6.17 Å². The summed E-state index contributed by atoms with van der Waals surface area (Å²) >= 11 is 1.69. The summed E-state index contributed by atoms with van der Waals surface area (Å²) in [5, 5.41) is 3.30. The highest BCUT2D eigenvalue weighted by Crippen LogP contribution is 2.26. The van der Waals surface area contributed by atoms with E-state index in [2.05, 4.69) is 17.4 Å². The number of amides is 1. The molecule has 1 N–H and O–H groups in total. The minimum atomic E-state index is -0.889. The van der Waals surface area contributed by atoms with Crippen LogP contribution in [0.1, 0.15) is 18.7 Å². The van der Waals surface area contributed by atoms with Gasteiger partial charge >= 0.3 is 0 Å². The Bertz CT molecular complexity index is 504. The van der Waals surface area contributed by atoms with Crippen LogP contribution < -0.4 is 5.32 Å². The van der Waals surface area contributed by atoms with Crippen molar-refractivity contribution in [2.75, 3.05) is 24.8 Å². The average molecular weight is 312 g/mol. The van der Waals surface area contributed by atoms with Gasteiger partial charge in [-0.15, -0.1) is 11.8 Å². The molecule has 4 nitrogen and oxygen atoms in total. The lowest BCUT2D eigenvalue weighted by molar-refractivity contribution is -0.129. The summed E-state index contributed by atoms with van der Waals surface area (Å²) in [6.07, 6.45) is 3.59. The second kappa shape index (κ2) is 6.74. The van der Waals surface area contributed by atoms with Gasteiger partial charge in [0.15, 0.2) is 0 Å². The molecule has 1 amide bonds. The van der Waals surface area contributed by atoms with Crippen LogP contribution in [-0.2, 0) is 15.6 Å². The molecular formula is C14H20N2O2S2. The number of hydrogen-bond acceptors (Lipinski definition) is 4. The summed E-state index contributed by atoms with van der Waals surface area (Å²) in [7, 11) is -0.889. The molecule has 110 valence electrons. The highest BCUT2D eigenvalue weighted by molar-refractivity contribution is 7.98. The van der Waals surface area contributed by atoms with E-state index < -0.39 is 10.8 Å². The molecule has 0 aromatic heterocycles. The summed E-state index contributed by atoms with van der Waals surface area (Å²) in [6.45, 7) is 2.39. The van der Waals surface area contributed by atoms with E-state index in [4.69, 9.17) is 0 Å². The van der Waals surface area contributed by atoms with Crippen molar-refractivity contribution in [3.63, 3.8) is 0 Å². The van der Waals surface area contributed by atoms with Crippen LogP contribution in [-0.4, -0.2) is 45.9 Å². The Hall–Kier alpha value is -0.850. The van der Waals surface area contributed by atoms with Crippen LogP contribution in [0.25, 0.3) is 0 Å². The molecule has 1 fully saturated rings. The van der Waals surface area contributed by atoms with Gasteiger partial charge in [0.05, 0.1) is 6.04 Å². The Morgan fingerprint density at radius 3 is 2.55 bits per heavy atom. The summed E-state index contributed by atoms with van der Waals surface area (Å²) in [5.74, 6) is 0.592. The fraction of sp³-hybridized carbons (Fsp3) is 0.500. The van der Waals surface area contributed by atoms with Gasteiger partial charge in [-0.1, -0.05) is 12.1 Å². The largest absolute Gasteiger partial charge is 0.321 e. The van der Waals surface area contributed by atoms with E-state index in [1.807, 2.05) is 25.3 Å². The molecule has 3 atom stereocenters. The second-order valence-corrected chi connectivity index (χ2v) is 7.31. The van der Waals surface area contributed by atoms with Gasteiger partial charge in [0, 0.05) is 34.2 Å². The lowest BCUT2D eigenvalue weighted by atomic mass is 10.1. The standard InChI is InChI=1S/C14H20N2O2S2/c1-10-14(17)16(8-9-20(3)18)13(15-10)11-4-6-12(19-2)7-5-11/h4-7,10,13,15H,8-9H2,1-3H3. The predicted octanol–water partition coefficient (Wildman–Crippen LogP) is 1.61. The van der Waals surface area contributed by atoms with Gasteiger partial charge in [-0.05, 0) is 30.9 Å². The Kier molecular flexibility index (Phi) is 5.23. The zero-order chi connectivity index (χ0) is 14.7. The maximum atomic E-state index is 12.2. The highest BCUT2D eigenvalue weighted by atomic mass is 32.2. The quantitative estimate of drug-likeness (QED) is 0.839. The van der Waals surface area contributed by atoms with E-state index in [0.717, 1.165) is 5.56 Å². The van der Waals surface area contributed by atoms with E-state index in [1.54, 1.807) is 22.9 Å². The molecule has 2 rings (SSSR count). The van der Waals surface area contributed by atoms with Crippen molar-refractivity contribution in [3.05, 3.63) is 29.8 Å². The third-order valence-electron chi connectivity index (χ3n) is 3.42. The fourth-order valence-electron chi connectivity index (χ4n) is 2.30. The minimum Gasteiger partial charge on any atom is -0.321 e. The first kappa shape index (κ1) is 15.5. The van der Waals surface area contributed by atoms with E-state index in [9.17, 15) is 9.00 Å². The summed E-state index contributed by atoms with van der Waals surface area (Å²) < 4.78 is 11.3. The first-order valence-electron chi connectivity index (χ1n) is 6.53. The van der Waals surface area contributed by atoms with Gasteiger partial charge in [0.2, 0.25) is 5.91 Å². The number of carbonyl (C=O) groups is 1. The number of hydrogen-bond donors (Lipinski definition) is 1. The Balaban J connectivity index is 2.18. The summed E-state index contributed by atoms with van der Waals surface area (Å²) in [4.78, 5) is 15.2. The number of thioether (sulfide) groups is 1. The van der Waals surface area contributed by atoms with Crippen molar-refractivity contribution < 1.29 is 9.00 Å². The van der Waals surface area contributed by atoms with E-state index in [-0.39, 0.29) is 18.1 Å². The summed E-state index contributed by atoms with van der Waals surface area (Å²) in [6, 6.07) is 8.03. The van der Waals surface area contributed by atoms with Crippen LogP contribution in [0.4, 0.5) is 0 Å². The Morgan fingerprint density at radius 2 is 2.00 bits per heavy atom. The van der Waals surface area contributed by atoms with Gasteiger partial charge in [-0.3, -0.25) is 14.3 Å². The van der Waals surface area contributed by atoms with Crippen LogP contribution in [0.2, 0.25) is 0 Å². The maximum absolute atomic E-state index is 12.2. The molecule has 1 aromatic carbocycles. The molecule has 0 bridgehead atoms. The normalized spacial score (nSPS) is 24.1. The third-order valence-corrected chi connectivity index (χ3v) is 4.93. The lowest BCUT2D eigenvalue weighted by Crippen LogP contribution is -2.33. The predicted molar refractivity (Wildman–Crippen MR) is 84.2 cm³/mol. The molecule has 1 saturated heterocycles.